The quantitative estimate of drug-likeness (QED) is 0.593. The monoisotopic (exact) mass is 311 g/mol. The third kappa shape index (κ3) is 2.41. The van der Waals surface area contributed by atoms with Crippen LogP contribution in [0.3, 0.4) is 0 Å². The molecule has 0 aromatic heterocycles. The van der Waals surface area contributed by atoms with Gasteiger partial charge in [0.25, 0.3) is 0 Å². The van der Waals surface area contributed by atoms with Crippen molar-refractivity contribution in [3.63, 3.8) is 0 Å². The van der Waals surface area contributed by atoms with Crippen LogP contribution in [0.4, 0.5) is 0 Å². The highest BCUT2D eigenvalue weighted by atomic mass is 35.5. The van der Waals surface area contributed by atoms with Crippen molar-refractivity contribution in [2.75, 3.05) is 0 Å². The van der Waals surface area contributed by atoms with Gasteiger partial charge in [-0.1, -0.05) is 13.1 Å². The number of halogens is 1. The smallest absolute Gasteiger partial charge is 0.201 e. The second-order valence-electron chi connectivity index (χ2n) is 6.48. The summed E-state index contributed by atoms with van der Waals surface area (Å²) in [6, 6.07) is 0. The Morgan fingerprint density at radius 1 is 0.938 bits per heavy atom. The Kier molecular flexibility index (Phi) is 4.06. The fourth-order valence-electron chi connectivity index (χ4n) is 3.60. The molecule has 1 fully saturated rings. The predicted octanol–water partition coefficient (Wildman–Crippen LogP) is 2.44. The number of hydrogen-bond donors (Lipinski definition) is 1. The Balaban J connectivity index is 3.20. The van der Waals surface area contributed by atoms with Crippen LogP contribution in [-0.4, -0.2) is 41.8 Å². The molecule has 96 valence electrons. The molecule has 0 unspecified atom stereocenters. The van der Waals surface area contributed by atoms with Crippen molar-refractivity contribution in [2.24, 2.45) is 0 Å². The molecule has 1 N–H and O–H groups in total. The fourth-order valence-corrected chi connectivity index (χ4v) is 36.1. The summed E-state index contributed by atoms with van der Waals surface area (Å²) in [5.41, 5.74) is 0. The van der Waals surface area contributed by atoms with E-state index in [9.17, 15) is 0 Å². The van der Waals surface area contributed by atoms with Crippen molar-refractivity contribution < 1.29 is 0 Å². The van der Waals surface area contributed by atoms with Crippen LogP contribution in [-0.2, 0) is 0 Å². The lowest BCUT2D eigenvalue weighted by atomic mass is 11.9. The molecule has 0 aliphatic carbocycles. The number of rotatable bonds is 1. The maximum absolute atomic E-state index is 6.66. The maximum Gasteiger partial charge on any atom is 0.201 e. The van der Waals surface area contributed by atoms with Gasteiger partial charge in [0.1, 0.15) is 0 Å². The Labute approximate surface area is 110 Å². The van der Waals surface area contributed by atoms with Gasteiger partial charge < -0.3 is 8.54 Å². The third-order valence-corrected chi connectivity index (χ3v) is 29.6. The standard InChI is InChI=1S/C8H26ClN3Si4/c1-13(2)12-15(5,6)10-14(3,4)11(9)16(12,7)8/h10,13H,1-8H3. The van der Waals surface area contributed by atoms with Crippen LogP contribution in [0.1, 0.15) is 0 Å². The van der Waals surface area contributed by atoms with Crippen LogP contribution < -0.4 is 4.65 Å². The first-order valence-electron chi connectivity index (χ1n) is 5.98. The second-order valence-corrected chi connectivity index (χ2v) is 24.1. The molecule has 8 heteroatoms. The van der Waals surface area contributed by atoms with Gasteiger partial charge in [0.2, 0.25) is 8.40 Å². The lowest BCUT2D eigenvalue weighted by Gasteiger charge is -2.61. The molecule has 0 amide bonds. The van der Waals surface area contributed by atoms with Crippen molar-refractivity contribution in [3.05, 3.63) is 0 Å². The van der Waals surface area contributed by atoms with E-state index in [1.807, 2.05) is 0 Å². The minimum Gasteiger partial charge on any atom is -0.347 e. The first-order valence-corrected chi connectivity index (χ1v) is 17.9. The van der Waals surface area contributed by atoms with E-state index in [4.69, 9.17) is 11.8 Å². The second kappa shape index (κ2) is 4.30. The van der Waals surface area contributed by atoms with Gasteiger partial charge in [-0.25, -0.2) is 3.75 Å². The van der Waals surface area contributed by atoms with Crippen molar-refractivity contribution in [1.29, 1.82) is 0 Å². The van der Waals surface area contributed by atoms with Crippen molar-refractivity contribution >= 4 is 45.9 Å². The van der Waals surface area contributed by atoms with Gasteiger partial charge in [-0.15, -0.1) is 0 Å². The van der Waals surface area contributed by atoms with Crippen molar-refractivity contribution in [1.82, 2.24) is 12.3 Å². The van der Waals surface area contributed by atoms with Crippen LogP contribution in [0.25, 0.3) is 0 Å². The number of hydrogen-bond acceptors (Lipinski definition) is 3. The van der Waals surface area contributed by atoms with E-state index >= 15 is 0 Å². The molecule has 0 aromatic carbocycles. The molecular formula is C8H26ClN3Si4. The first-order chi connectivity index (χ1) is 6.93. The zero-order valence-corrected chi connectivity index (χ0v) is 16.8. The minimum atomic E-state index is -1.60. The summed E-state index contributed by atoms with van der Waals surface area (Å²) in [6.07, 6.45) is 0. The molecule has 3 nitrogen and oxygen atoms in total. The molecule has 0 bridgehead atoms. The van der Waals surface area contributed by atoms with Crippen LogP contribution in [0.5, 0.6) is 0 Å². The Morgan fingerprint density at radius 2 is 1.38 bits per heavy atom. The highest BCUT2D eigenvalue weighted by molar-refractivity contribution is 7.11. The van der Waals surface area contributed by atoms with E-state index < -0.39 is 34.1 Å². The summed E-state index contributed by atoms with van der Waals surface area (Å²) < 4.78 is 9.02. The van der Waals surface area contributed by atoms with Gasteiger partial charge in [-0.3, -0.25) is 0 Å². The van der Waals surface area contributed by atoms with E-state index in [2.05, 4.69) is 64.7 Å². The van der Waals surface area contributed by atoms with Crippen molar-refractivity contribution in [3.8, 4) is 0 Å². The summed E-state index contributed by atoms with van der Waals surface area (Å²) in [7, 11) is -5.46. The molecule has 0 aromatic rings. The highest BCUT2D eigenvalue weighted by Gasteiger charge is 2.57. The zero-order valence-electron chi connectivity index (χ0n) is 11.8. The lowest BCUT2D eigenvalue weighted by molar-refractivity contribution is 0.735. The lowest BCUT2D eigenvalue weighted by Crippen LogP contribution is -2.88. The van der Waals surface area contributed by atoms with E-state index in [1.54, 1.807) is 0 Å². The first kappa shape index (κ1) is 15.1. The van der Waals surface area contributed by atoms with Crippen molar-refractivity contribution in [2.45, 2.75) is 52.4 Å². The van der Waals surface area contributed by atoms with E-state index in [0.29, 0.717) is 0 Å². The van der Waals surface area contributed by atoms with Gasteiger partial charge in [0.15, 0.2) is 16.8 Å². The van der Waals surface area contributed by atoms with E-state index in [0.717, 1.165) is 0 Å². The summed E-state index contributed by atoms with van der Waals surface area (Å²) in [5, 5.41) is 0. The molecule has 1 aliphatic heterocycles. The van der Waals surface area contributed by atoms with E-state index in [1.165, 1.54) is 0 Å². The summed E-state index contributed by atoms with van der Waals surface area (Å²) in [4.78, 5) is 0. The van der Waals surface area contributed by atoms with Gasteiger partial charge >= 0.3 is 0 Å². The van der Waals surface area contributed by atoms with Gasteiger partial charge in [-0.2, -0.15) is 0 Å². The predicted molar refractivity (Wildman–Crippen MR) is 84.0 cm³/mol. The largest absolute Gasteiger partial charge is 0.347 e. The molecule has 1 saturated heterocycles. The molecule has 1 aliphatic rings. The maximum atomic E-state index is 6.66. The third-order valence-electron chi connectivity index (χ3n) is 3.29. The average Bonchev–Trinajstić information content (AvgIpc) is 1.95. The normalized spacial score (nSPS) is 29.6. The molecule has 0 saturated carbocycles. The molecule has 0 radical (unpaired) electrons. The molecule has 1 rings (SSSR count). The van der Waals surface area contributed by atoms with Gasteiger partial charge in [0.05, 0.1) is 8.96 Å². The summed E-state index contributed by atoms with van der Waals surface area (Å²) >= 11 is 6.66. The highest BCUT2D eigenvalue weighted by Crippen LogP contribution is 2.33. The number of nitrogens with zero attached hydrogens (tertiary/aromatic N) is 2. The SMILES string of the molecule is C[SiH](C)N1[Si](C)(C)N[Si](C)(C)N(Cl)[Si]1(C)C. The summed E-state index contributed by atoms with van der Waals surface area (Å²) in [5.74, 6) is 0. The minimum absolute atomic E-state index is 0.808. The summed E-state index contributed by atoms with van der Waals surface area (Å²) in [6.45, 7) is 19.3. The Morgan fingerprint density at radius 3 is 1.75 bits per heavy atom. The van der Waals surface area contributed by atoms with Crippen LogP contribution in [0.15, 0.2) is 0 Å². The van der Waals surface area contributed by atoms with Crippen LogP contribution >= 0.6 is 11.8 Å². The molecule has 0 spiro atoms. The Hall–Kier alpha value is 1.04. The average molecular weight is 312 g/mol. The van der Waals surface area contributed by atoms with Crippen LogP contribution in [0.2, 0.25) is 52.4 Å². The fraction of sp³-hybridized carbons (Fsp3) is 1.00. The topological polar surface area (TPSA) is 18.5 Å². The molecular weight excluding hydrogens is 286 g/mol. The number of nitrogens with one attached hydrogen (secondary N) is 1. The zero-order chi connectivity index (χ0) is 12.9. The van der Waals surface area contributed by atoms with Crippen LogP contribution in [0, 0.1) is 0 Å². The van der Waals surface area contributed by atoms with Gasteiger partial charge in [-0.05, 0) is 51.1 Å². The van der Waals surface area contributed by atoms with E-state index in [-0.39, 0.29) is 0 Å². The molecule has 0 atom stereocenters. The molecule has 16 heavy (non-hydrogen) atoms. The molecule has 1 heterocycles. The van der Waals surface area contributed by atoms with Gasteiger partial charge in [0, 0.05) is 0 Å². The Bertz CT molecular complexity index is 282.